The highest BCUT2D eigenvalue weighted by molar-refractivity contribution is 8.13. The predicted octanol–water partition coefficient (Wildman–Crippen LogP) is 2.79. The highest BCUT2D eigenvalue weighted by atomic mass is 32.2. The standard InChI is InChI=1S/C13H14F4O4S/c1-7(18)22-5-4-11(19)12(20)9-3-2-8(6-10(9)14)21-13(15,16)17/h2-3,6,11-12,19-20H,4-5H2,1H3. The van der Waals surface area contributed by atoms with Crippen LogP contribution in [0.25, 0.3) is 0 Å². The van der Waals surface area contributed by atoms with Crippen LogP contribution in [0.15, 0.2) is 18.2 Å². The van der Waals surface area contributed by atoms with E-state index >= 15 is 0 Å². The minimum Gasteiger partial charge on any atom is -0.406 e. The van der Waals surface area contributed by atoms with Gasteiger partial charge in [-0.05, 0) is 18.6 Å². The van der Waals surface area contributed by atoms with Crippen LogP contribution in [0.5, 0.6) is 5.75 Å². The third kappa shape index (κ3) is 6.20. The van der Waals surface area contributed by atoms with Crippen LogP contribution in [0.3, 0.4) is 0 Å². The predicted molar refractivity (Wildman–Crippen MR) is 71.8 cm³/mol. The summed E-state index contributed by atoms with van der Waals surface area (Å²) in [6, 6.07) is 2.22. The van der Waals surface area contributed by atoms with Gasteiger partial charge in [-0.15, -0.1) is 13.2 Å². The number of hydrogen-bond donors (Lipinski definition) is 2. The summed E-state index contributed by atoms with van der Waals surface area (Å²) in [5.74, 6) is -1.67. The van der Waals surface area contributed by atoms with E-state index in [0.29, 0.717) is 6.07 Å². The molecule has 2 N–H and O–H groups in total. The molecule has 0 aliphatic carbocycles. The first-order valence-corrected chi connectivity index (χ1v) is 7.13. The fourth-order valence-corrected chi connectivity index (χ4v) is 2.28. The summed E-state index contributed by atoms with van der Waals surface area (Å²) in [5, 5.41) is 19.4. The molecule has 0 heterocycles. The molecule has 0 aromatic heterocycles. The lowest BCUT2D eigenvalue weighted by molar-refractivity contribution is -0.274. The largest absolute Gasteiger partial charge is 0.573 e. The fourth-order valence-electron chi connectivity index (χ4n) is 1.63. The van der Waals surface area contributed by atoms with E-state index in [2.05, 4.69) is 4.74 Å². The van der Waals surface area contributed by atoms with Crippen LogP contribution in [0.1, 0.15) is 25.0 Å². The van der Waals surface area contributed by atoms with E-state index in [1.54, 1.807) is 0 Å². The number of thioether (sulfide) groups is 1. The molecule has 22 heavy (non-hydrogen) atoms. The monoisotopic (exact) mass is 342 g/mol. The van der Waals surface area contributed by atoms with Crippen molar-refractivity contribution in [2.24, 2.45) is 0 Å². The molecule has 0 saturated carbocycles. The van der Waals surface area contributed by atoms with Crippen molar-refractivity contribution in [1.29, 1.82) is 0 Å². The van der Waals surface area contributed by atoms with Gasteiger partial charge in [0.2, 0.25) is 0 Å². The second-order valence-corrected chi connectivity index (χ2v) is 5.64. The number of aliphatic hydroxyl groups is 2. The molecule has 9 heteroatoms. The molecule has 0 amide bonds. The summed E-state index contributed by atoms with van der Waals surface area (Å²) in [6.07, 6.45) is -7.90. The van der Waals surface area contributed by atoms with Crippen molar-refractivity contribution in [3.8, 4) is 5.75 Å². The molecule has 0 fully saturated rings. The maximum absolute atomic E-state index is 13.7. The van der Waals surface area contributed by atoms with E-state index in [1.807, 2.05) is 0 Å². The number of ether oxygens (including phenoxy) is 1. The zero-order chi connectivity index (χ0) is 16.9. The number of halogens is 4. The second kappa shape index (κ2) is 7.80. The molecule has 1 rings (SSSR count). The SMILES string of the molecule is CC(=O)SCCC(O)C(O)c1ccc(OC(F)(F)F)cc1F. The Morgan fingerprint density at radius 3 is 2.50 bits per heavy atom. The van der Waals surface area contributed by atoms with E-state index in [1.165, 1.54) is 6.92 Å². The second-order valence-electron chi connectivity index (χ2n) is 4.37. The molecule has 1 aromatic carbocycles. The van der Waals surface area contributed by atoms with Gasteiger partial charge in [-0.25, -0.2) is 4.39 Å². The highest BCUT2D eigenvalue weighted by Crippen LogP contribution is 2.28. The van der Waals surface area contributed by atoms with Crippen molar-refractivity contribution in [2.75, 3.05) is 5.75 Å². The third-order valence-corrected chi connectivity index (χ3v) is 3.45. The van der Waals surface area contributed by atoms with Crippen LogP contribution in [0.4, 0.5) is 17.6 Å². The van der Waals surface area contributed by atoms with E-state index in [0.717, 1.165) is 23.9 Å². The van der Waals surface area contributed by atoms with Crippen molar-refractivity contribution in [1.82, 2.24) is 0 Å². The van der Waals surface area contributed by atoms with Gasteiger partial charge >= 0.3 is 6.36 Å². The van der Waals surface area contributed by atoms with E-state index in [9.17, 15) is 32.6 Å². The van der Waals surface area contributed by atoms with Gasteiger partial charge < -0.3 is 14.9 Å². The van der Waals surface area contributed by atoms with Gasteiger partial charge in [0.25, 0.3) is 0 Å². The van der Waals surface area contributed by atoms with Gasteiger partial charge in [-0.1, -0.05) is 11.8 Å². The number of carbonyl (C=O) groups excluding carboxylic acids is 1. The smallest absolute Gasteiger partial charge is 0.406 e. The molecular weight excluding hydrogens is 328 g/mol. The van der Waals surface area contributed by atoms with Crippen LogP contribution in [-0.2, 0) is 4.79 Å². The Labute approximate surface area is 128 Å². The number of benzene rings is 1. The maximum Gasteiger partial charge on any atom is 0.573 e. The number of carbonyl (C=O) groups is 1. The maximum atomic E-state index is 13.7. The fraction of sp³-hybridized carbons (Fsp3) is 0.462. The molecule has 124 valence electrons. The number of rotatable bonds is 6. The van der Waals surface area contributed by atoms with Gasteiger partial charge in [0, 0.05) is 24.3 Å². The molecule has 0 aliphatic rings. The Bertz CT molecular complexity index is 521. The van der Waals surface area contributed by atoms with Crippen molar-refractivity contribution < 1.29 is 37.3 Å². The third-order valence-electron chi connectivity index (χ3n) is 2.61. The van der Waals surface area contributed by atoms with Gasteiger partial charge in [0.1, 0.15) is 17.7 Å². The molecule has 0 radical (unpaired) electrons. The first kappa shape index (κ1) is 18.7. The zero-order valence-electron chi connectivity index (χ0n) is 11.4. The molecule has 0 aliphatic heterocycles. The summed E-state index contributed by atoms with van der Waals surface area (Å²) in [5.41, 5.74) is -0.352. The quantitative estimate of drug-likeness (QED) is 0.778. The van der Waals surface area contributed by atoms with Gasteiger partial charge in [0.15, 0.2) is 5.12 Å². The molecule has 4 nitrogen and oxygen atoms in total. The minimum absolute atomic E-state index is 0.0195. The molecule has 0 saturated heterocycles. The van der Waals surface area contributed by atoms with Gasteiger partial charge in [-0.2, -0.15) is 0 Å². The number of aliphatic hydroxyl groups excluding tert-OH is 2. The van der Waals surface area contributed by atoms with E-state index in [-0.39, 0.29) is 22.9 Å². The topological polar surface area (TPSA) is 66.8 Å². The number of hydrogen-bond acceptors (Lipinski definition) is 5. The Balaban J connectivity index is 2.73. The summed E-state index contributed by atoms with van der Waals surface area (Å²) < 4.78 is 53.3. The van der Waals surface area contributed by atoms with Crippen molar-refractivity contribution in [2.45, 2.75) is 31.9 Å². The first-order valence-electron chi connectivity index (χ1n) is 6.15. The molecule has 2 unspecified atom stereocenters. The zero-order valence-corrected chi connectivity index (χ0v) is 12.2. The van der Waals surface area contributed by atoms with Crippen molar-refractivity contribution in [3.63, 3.8) is 0 Å². The lowest BCUT2D eigenvalue weighted by atomic mass is 10.0. The molecular formula is C13H14F4O4S. The van der Waals surface area contributed by atoms with Crippen LogP contribution in [0, 0.1) is 5.82 Å². The Hall–Kier alpha value is -1.32. The summed E-state index contributed by atoms with van der Waals surface area (Å²) >= 11 is 0.936. The minimum atomic E-state index is -4.95. The molecule has 1 aromatic rings. The molecule has 0 spiro atoms. The van der Waals surface area contributed by atoms with E-state index in [4.69, 9.17) is 0 Å². The lowest BCUT2D eigenvalue weighted by Crippen LogP contribution is -2.21. The Kier molecular flexibility index (Phi) is 6.64. The Morgan fingerprint density at radius 2 is 2.00 bits per heavy atom. The van der Waals surface area contributed by atoms with E-state index < -0.39 is 30.1 Å². The van der Waals surface area contributed by atoms with Gasteiger partial charge in [0.05, 0.1) is 6.10 Å². The van der Waals surface area contributed by atoms with Gasteiger partial charge in [-0.3, -0.25) is 4.79 Å². The summed E-state index contributed by atoms with van der Waals surface area (Å²) in [7, 11) is 0. The summed E-state index contributed by atoms with van der Waals surface area (Å²) in [4.78, 5) is 10.7. The summed E-state index contributed by atoms with van der Waals surface area (Å²) in [6.45, 7) is 1.34. The lowest BCUT2D eigenvalue weighted by Gasteiger charge is -2.19. The average Bonchev–Trinajstić information content (AvgIpc) is 2.35. The molecule has 0 bridgehead atoms. The highest BCUT2D eigenvalue weighted by Gasteiger charge is 2.31. The van der Waals surface area contributed by atoms with Crippen molar-refractivity contribution >= 4 is 16.9 Å². The average molecular weight is 342 g/mol. The van der Waals surface area contributed by atoms with Crippen LogP contribution >= 0.6 is 11.8 Å². The van der Waals surface area contributed by atoms with Crippen LogP contribution in [0.2, 0.25) is 0 Å². The number of alkyl halides is 3. The first-order chi connectivity index (χ1) is 10.1. The Morgan fingerprint density at radius 1 is 1.36 bits per heavy atom. The normalized spacial score (nSPS) is 14.5. The van der Waals surface area contributed by atoms with Crippen molar-refractivity contribution in [3.05, 3.63) is 29.6 Å². The van der Waals surface area contributed by atoms with Crippen LogP contribution in [-0.4, -0.2) is 33.5 Å². The molecule has 2 atom stereocenters. The van der Waals surface area contributed by atoms with Crippen LogP contribution < -0.4 is 4.74 Å².